The Bertz CT molecular complexity index is 426. The molecule has 1 heterocycles. The molecule has 1 saturated carbocycles. The Kier molecular flexibility index (Phi) is 3.37. The Labute approximate surface area is 108 Å². The quantitative estimate of drug-likeness (QED) is 0.894. The van der Waals surface area contributed by atoms with Crippen molar-refractivity contribution in [3.8, 4) is 0 Å². The van der Waals surface area contributed by atoms with Crippen LogP contribution in [0.4, 0.5) is 5.88 Å². The third kappa shape index (κ3) is 2.68. The lowest BCUT2D eigenvalue weighted by molar-refractivity contribution is 0.0663. The Morgan fingerprint density at radius 1 is 1.39 bits per heavy atom. The lowest BCUT2D eigenvalue weighted by Gasteiger charge is -2.38. The summed E-state index contributed by atoms with van der Waals surface area (Å²) in [5, 5.41) is 8.85. The summed E-state index contributed by atoms with van der Waals surface area (Å²) in [6.45, 7) is 4.61. The fourth-order valence-electron chi connectivity index (χ4n) is 2.58. The zero-order valence-corrected chi connectivity index (χ0v) is 11.3. The van der Waals surface area contributed by atoms with Gasteiger partial charge in [0, 0.05) is 19.2 Å². The number of nitrogens with zero attached hydrogens (tertiary/aromatic N) is 1. The second kappa shape index (κ2) is 4.67. The van der Waals surface area contributed by atoms with Crippen molar-refractivity contribution in [2.75, 3.05) is 11.9 Å². The molecule has 1 aromatic rings. The maximum Gasteiger partial charge on any atom is 0.371 e. The molecule has 100 valence electrons. The monoisotopic (exact) mass is 251 g/mol. The van der Waals surface area contributed by atoms with Crippen molar-refractivity contribution < 1.29 is 14.3 Å². The average Bonchev–Trinajstić information content (AvgIpc) is 2.77. The molecule has 18 heavy (non-hydrogen) atoms. The van der Waals surface area contributed by atoms with Gasteiger partial charge in [0.1, 0.15) is 0 Å². The van der Waals surface area contributed by atoms with E-state index in [4.69, 9.17) is 9.52 Å². The number of aromatic carboxylic acids is 1. The van der Waals surface area contributed by atoms with Gasteiger partial charge in [-0.05, 0) is 37.2 Å². The minimum Gasteiger partial charge on any atom is -0.475 e. The van der Waals surface area contributed by atoms with Crippen LogP contribution in [-0.4, -0.2) is 24.2 Å². The molecule has 1 fully saturated rings. The van der Waals surface area contributed by atoms with Crippen molar-refractivity contribution in [2.24, 2.45) is 5.41 Å². The molecule has 0 aliphatic heterocycles. The predicted octanol–water partition coefficient (Wildman–Crippen LogP) is 3.38. The highest BCUT2D eigenvalue weighted by Gasteiger charge is 2.29. The van der Waals surface area contributed by atoms with Crippen LogP contribution in [0, 0.1) is 5.41 Å². The van der Waals surface area contributed by atoms with E-state index in [1.807, 2.05) is 7.05 Å². The standard InChI is InChI=1S/C14H21NO3/c1-14(2)8-6-10(7-9-14)15(3)12-5-4-11(18-12)13(16)17/h4-5,10H,6-9H2,1-3H3,(H,16,17). The van der Waals surface area contributed by atoms with Crippen molar-refractivity contribution in [3.63, 3.8) is 0 Å². The van der Waals surface area contributed by atoms with E-state index >= 15 is 0 Å². The van der Waals surface area contributed by atoms with Gasteiger partial charge in [0.05, 0.1) is 0 Å². The highest BCUT2D eigenvalue weighted by molar-refractivity contribution is 5.84. The largest absolute Gasteiger partial charge is 0.475 e. The van der Waals surface area contributed by atoms with Crippen LogP contribution in [0.5, 0.6) is 0 Å². The molecule has 0 radical (unpaired) electrons. The summed E-state index contributed by atoms with van der Waals surface area (Å²) in [5.41, 5.74) is 0.437. The van der Waals surface area contributed by atoms with E-state index in [0.29, 0.717) is 17.3 Å². The molecule has 0 atom stereocenters. The number of hydrogen-bond donors (Lipinski definition) is 1. The SMILES string of the molecule is CN(c1ccc(C(=O)O)o1)C1CCC(C)(C)CC1. The summed E-state index contributed by atoms with van der Waals surface area (Å²) in [7, 11) is 1.98. The van der Waals surface area contributed by atoms with Crippen molar-refractivity contribution >= 4 is 11.9 Å². The number of carbonyl (C=O) groups is 1. The normalized spacial score (nSPS) is 19.7. The molecular weight excluding hydrogens is 230 g/mol. The second-order valence-electron chi connectivity index (χ2n) is 5.95. The van der Waals surface area contributed by atoms with Crippen LogP contribution in [0.2, 0.25) is 0 Å². The van der Waals surface area contributed by atoms with Gasteiger partial charge in [0.15, 0.2) is 5.88 Å². The maximum atomic E-state index is 10.8. The maximum absolute atomic E-state index is 10.8. The van der Waals surface area contributed by atoms with Crippen molar-refractivity contribution in [2.45, 2.75) is 45.6 Å². The van der Waals surface area contributed by atoms with Crippen LogP contribution in [0.25, 0.3) is 0 Å². The summed E-state index contributed by atoms with van der Waals surface area (Å²) < 4.78 is 5.34. The topological polar surface area (TPSA) is 53.7 Å². The third-order valence-corrected chi connectivity index (χ3v) is 4.01. The predicted molar refractivity (Wildman–Crippen MR) is 70.1 cm³/mol. The highest BCUT2D eigenvalue weighted by atomic mass is 16.4. The first-order valence-corrected chi connectivity index (χ1v) is 6.45. The molecule has 4 nitrogen and oxygen atoms in total. The number of carboxylic acids is 1. The number of hydrogen-bond acceptors (Lipinski definition) is 3. The molecule has 0 bridgehead atoms. The summed E-state index contributed by atoms with van der Waals surface area (Å²) in [6.07, 6.45) is 4.67. The van der Waals surface area contributed by atoms with E-state index in [1.54, 1.807) is 6.07 Å². The van der Waals surface area contributed by atoms with Gasteiger partial charge in [0.25, 0.3) is 0 Å². The van der Waals surface area contributed by atoms with Gasteiger partial charge in [-0.2, -0.15) is 0 Å². The van der Waals surface area contributed by atoms with E-state index in [9.17, 15) is 4.79 Å². The van der Waals surface area contributed by atoms with Crippen molar-refractivity contribution in [1.82, 2.24) is 0 Å². The van der Waals surface area contributed by atoms with Crippen LogP contribution in [0.1, 0.15) is 50.1 Å². The van der Waals surface area contributed by atoms with Crippen LogP contribution in [-0.2, 0) is 0 Å². The number of rotatable bonds is 3. The zero-order chi connectivity index (χ0) is 13.3. The minimum atomic E-state index is -1.01. The molecule has 1 aliphatic carbocycles. The lowest BCUT2D eigenvalue weighted by atomic mass is 9.75. The van der Waals surface area contributed by atoms with Gasteiger partial charge >= 0.3 is 5.97 Å². The van der Waals surface area contributed by atoms with Crippen molar-refractivity contribution in [1.29, 1.82) is 0 Å². The first-order valence-electron chi connectivity index (χ1n) is 6.45. The van der Waals surface area contributed by atoms with Crippen LogP contribution in [0.15, 0.2) is 16.5 Å². The summed E-state index contributed by atoms with van der Waals surface area (Å²) in [4.78, 5) is 12.9. The zero-order valence-electron chi connectivity index (χ0n) is 11.3. The van der Waals surface area contributed by atoms with E-state index < -0.39 is 5.97 Å². The Morgan fingerprint density at radius 3 is 2.50 bits per heavy atom. The van der Waals surface area contributed by atoms with Crippen LogP contribution >= 0.6 is 0 Å². The molecule has 1 aromatic heterocycles. The van der Waals surface area contributed by atoms with Crippen molar-refractivity contribution in [3.05, 3.63) is 17.9 Å². The minimum absolute atomic E-state index is 0.00740. The number of furan rings is 1. The lowest BCUT2D eigenvalue weighted by Crippen LogP contribution is -2.37. The first kappa shape index (κ1) is 13.0. The Hall–Kier alpha value is -1.45. The highest BCUT2D eigenvalue weighted by Crippen LogP contribution is 2.37. The second-order valence-corrected chi connectivity index (χ2v) is 5.95. The Morgan fingerprint density at radius 2 is 2.00 bits per heavy atom. The molecule has 0 spiro atoms. The van der Waals surface area contributed by atoms with Crippen LogP contribution < -0.4 is 4.90 Å². The smallest absolute Gasteiger partial charge is 0.371 e. The van der Waals surface area contributed by atoms with E-state index in [1.165, 1.54) is 18.9 Å². The summed E-state index contributed by atoms with van der Waals surface area (Å²) >= 11 is 0. The number of carboxylic acid groups (broad SMARTS) is 1. The van der Waals surface area contributed by atoms with E-state index in [-0.39, 0.29) is 5.76 Å². The van der Waals surface area contributed by atoms with Gasteiger partial charge < -0.3 is 14.4 Å². The van der Waals surface area contributed by atoms with Gasteiger partial charge in [-0.1, -0.05) is 13.8 Å². The molecule has 0 amide bonds. The Balaban J connectivity index is 2.03. The molecular formula is C14H21NO3. The molecule has 0 saturated heterocycles. The molecule has 4 heteroatoms. The van der Waals surface area contributed by atoms with Gasteiger partial charge in [-0.15, -0.1) is 0 Å². The van der Waals surface area contributed by atoms with Crippen LogP contribution in [0.3, 0.4) is 0 Å². The van der Waals surface area contributed by atoms with E-state index in [0.717, 1.165) is 12.8 Å². The third-order valence-electron chi connectivity index (χ3n) is 4.01. The molecule has 0 unspecified atom stereocenters. The number of anilines is 1. The van der Waals surface area contributed by atoms with Gasteiger partial charge in [-0.25, -0.2) is 4.79 Å². The molecule has 1 N–H and O–H groups in total. The average molecular weight is 251 g/mol. The van der Waals surface area contributed by atoms with Gasteiger partial charge in [-0.3, -0.25) is 0 Å². The molecule has 0 aromatic carbocycles. The molecule has 2 rings (SSSR count). The molecule has 1 aliphatic rings. The first-order chi connectivity index (χ1) is 8.39. The fraction of sp³-hybridized carbons (Fsp3) is 0.643. The summed E-state index contributed by atoms with van der Waals surface area (Å²) in [5.74, 6) is -0.357. The van der Waals surface area contributed by atoms with E-state index in [2.05, 4.69) is 18.7 Å². The summed E-state index contributed by atoms with van der Waals surface area (Å²) in [6, 6.07) is 3.70. The van der Waals surface area contributed by atoms with Gasteiger partial charge in [0.2, 0.25) is 5.76 Å². The fourth-order valence-corrected chi connectivity index (χ4v) is 2.58.